The average molecular weight is 216 g/mol. The summed E-state index contributed by atoms with van der Waals surface area (Å²) in [5.74, 6) is -5.31. The molecule has 0 saturated heterocycles. The standard InChI is InChI=1S/C10H10F2O3/c1-6-2-3-7(4-8(6)13)10(11,12)5-9(14)15/h2-4,13H,5H2,1H3,(H,14,15). The van der Waals surface area contributed by atoms with Crippen molar-refractivity contribution in [3.8, 4) is 5.75 Å². The lowest BCUT2D eigenvalue weighted by atomic mass is 10.0. The number of carboxylic acids is 1. The number of hydrogen-bond donors (Lipinski definition) is 2. The summed E-state index contributed by atoms with van der Waals surface area (Å²) in [5, 5.41) is 17.5. The third kappa shape index (κ3) is 2.65. The second-order valence-electron chi connectivity index (χ2n) is 3.28. The minimum absolute atomic E-state index is 0.266. The Hall–Kier alpha value is -1.65. The molecule has 0 aliphatic carbocycles. The van der Waals surface area contributed by atoms with E-state index in [1.165, 1.54) is 6.07 Å². The molecule has 1 aromatic rings. The Morgan fingerprint density at radius 1 is 1.47 bits per heavy atom. The molecule has 0 unspecified atom stereocenters. The molecule has 5 heteroatoms. The molecule has 2 N–H and O–H groups in total. The van der Waals surface area contributed by atoms with E-state index in [-0.39, 0.29) is 5.75 Å². The zero-order valence-electron chi connectivity index (χ0n) is 8.00. The Balaban J connectivity index is 3.04. The molecule has 0 atom stereocenters. The van der Waals surface area contributed by atoms with Crippen molar-refractivity contribution in [1.29, 1.82) is 0 Å². The van der Waals surface area contributed by atoms with Gasteiger partial charge in [0.05, 0.1) is 0 Å². The maximum Gasteiger partial charge on any atom is 0.309 e. The summed E-state index contributed by atoms with van der Waals surface area (Å²) in [6.45, 7) is 1.56. The molecule has 0 amide bonds. The summed E-state index contributed by atoms with van der Waals surface area (Å²) in [5.41, 5.74) is -0.0297. The minimum atomic E-state index is -3.46. The van der Waals surface area contributed by atoms with Gasteiger partial charge in [-0.1, -0.05) is 12.1 Å². The number of phenolic OH excluding ortho intramolecular Hbond substituents is 1. The molecule has 82 valence electrons. The first-order valence-corrected chi connectivity index (χ1v) is 4.22. The van der Waals surface area contributed by atoms with Crippen molar-refractivity contribution in [2.24, 2.45) is 0 Å². The summed E-state index contributed by atoms with van der Waals surface area (Å²) in [6.07, 6.45) is -1.28. The van der Waals surface area contributed by atoms with Crippen molar-refractivity contribution in [3.63, 3.8) is 0 Å². The first-order valence-electron chi connectivity index (χ1n) is 4.22. The number of phenols is 1. The van der Waals surface area contributed by atoms with Gasteiger partial charge in [0, 0.05) is 5.56 Å². The van der Waals surface area contributed by atoms with Crippen molar-refractivity contribution in [1.82, 2.24) is 0 Å². The normalized spacial score (nSPS) is 11.4. The predicted octanol–water partition coefficient (Wildman–Crippen LogP) is 2.27. The largest absolute Gasteiger partial charge is 0.508 e. The van der Waals surface area contributed by atoms with E-state index in [0.717, 1.165) is 12.1 Å². The van der Waals surface area contributed by atoms with Crippen LogP contribution in [0.15, 0.2) is 18.2 Å². The lowest BCUT2D eigenvalue weighted by Gasteiger charge is -2.14. The molecule has 0 radical (unpaired) electrons. The number of halogens is 2. The van der Waals surface area contributed by atoms with E-state index in [1.54, 1.807) is 6.92 Å². The smallest absolute Gasteiger partial charge is 0.309 e. The highest BCUT2D eigenvalue weighted by molar-refractivity contribution is 5.68. The van der Waals surface area contributed by atoms with Crippen molar-refractivity contribution in [3.05, 3.63) is 29.3 Å². The summed E-state index contributed by atoms with van der Waals surface area (Å²) < 4.78 is 26.5. The fourth-order valence-corrected chi connectivity index (χ4v) is 1.13. The van der Waals surface area contributed by atoms with Crippen molar-refractivity contribution in [2.45, 2.75) is 19.3 Å². The summed E-state index contributed by atoms with van der Waals surface area (Å²) in [7, 11) is 0. The Kier molecular flexibility index (Phi) is 2.93. The molecule has 15 heavy (non-hydrogen) atoms. The van der Waals surface area contributed by atoms with Gasteiger partial charge in [-0.05, 0) is 18.6 Å². The number of hydrogen-bond acceptors (Lipinski definition) is 2. The summed E-state index contributed by atoms with van der Waals surface area (Å²) in [6, 6.07) is 3.32. The molecule has 0 saturated carbocycles. The van der Waals surface area contributed by atoms with Gasteiger partial charge in [0.2, 0.25) is 0 Å². The van der Waals surface area contributed by atoms with Crippen molar-refractivity contribution >= 4 is 5.97 Å². The maximum absolute atomic E-state index is 13.2. The van der Waals surface area contributed by atoms with Crippen LogP contribution in [0.2, 0.25) is 0 Å². The van der Waals surface area contributed by atoms with Crippen molar-refractivity contribution in [2.75, 3.05) is 0 Å². The Bertz CT molecular complexity index is 388. The van der Waals surface area contributed by atoms with Gasteiger partial charge in [-0.2, -0.15) is 0 Å². The number of aryl methyl sites for hydroxylation is 1. The van der Waals surface area contributed by atoms with Gasteiger partial charge < -0.3 is 10.2 Å². The molecule has 1 aromatic carbocycles. The van der Waals surface area contributed by atoms with E-state index in [1.807, 2.05) is 0 Å². The van der Waals surface area contributed by atoms with E-state index in [4.69, 9.17) is 5.11 Å². The number of carbonyl (C=O) groups is 1. The van der Waals surface area contributed by atoms with E-state index < -0.39 is 23.9 Å². The van der Waals surface area contributed by atoms with Crippen LogP contribution in [0.1, 0.15) is 17.5 Å². The van der Waals surface area contributed by atoms with Crippen LogP contribution in [0.5, 0.6) is 5.75 Å². The Labute approximate surface area is 85.0 Å². The van der Waals surface area contributed by atoms with E-state index in [9.17, 15) is 18.7 Å². The fourth-order valence-electron chi connectivity index (χ4n) is 1.13. The highest BCUT2D eigenvalue weighted by Gasteiger charge is 2.34. The van der Waals surface area contributed by atoms with Gasteiger partial charge in [-0.25, -0.2) is 8.78 Å². The molecule has 1 rings (SSSR count). The van der Waals surface area contributed by atoms with Gasteiger partial charge in [-0.15, -0.1) is 0 Å². The van der Waals surface area contributed by atoms with Gasteiger partial charge >= 0.3 is 5.97 Å². The van der Waals surface area contributed by atoms with Crippen LogP contribution in [0, 0.1) is 6.92 Å². The van der Waals surface area contributed by atoms with E-state index in [2.05, 4.69) is 0 Å². The molecule has 0 fully saturated rings. The fraction of sp³-hybridized carbons (Fsp3) is 0.300. The summed E-state index contributed by atoms with van der Waals surface area (Å²) >= 11 is 0. The SMILES string of the molecule is Cc1ccc(C(F)(F)CC(=O)O)cc1O. The number of aliphatic carboxylic acids is 1. The Morgan fingerprint density at radius 2 is 2.07 bits per heavy atom. The number of carboxylic acid groups (broad SMARTS) is 1. The average Bonchev–Trinajstić information content (AvgIpc) is 2.07. The molecule has 0 aliphatic heterocycles. The topological polar surface area (TPSA) is 57.5 Å². The zero-order valence-corrected chi connectivity index (χ0v) is 8.00. The zero-order chi connectivity index (χ0) is 11.6. The molecule has 3 nitrogen and oxygen atoms in total. The molecule has 0 aromatic heterocycles. The predicted molar refractivity (Wildman–Crippen MR) is 49.0 cm³/mol. The van der Waals surface area contributed by atoms with Crippen LogP contribution < -0.4 is 0 Å². The van der Waals surface area contributed by atoms with Gasteiger partial charge in [-0.3, -0.25) is 4.79 Å². The molecule has 0 spiro atoms. The van der Waals surface area contributed by atoms with E-state index in [0.29, 0.717) is 5.56 Å². The third-order valence-corrected chi connectivity index (χ3v) is 2.00. The highest BCUT2D eigenvalue weighted by atomic mass is 19.3. The minimum Gasteiger partial charge on any atom is -0.508 e. The van der Waals surface area contributed by atoms with Gasteiger partial charge in [0.25, 0.3) is 5.92 Å². The maximum atomic E-state index is 13.2. The van der Waals surface area contributed by atoms with Crippen LogP contribution in [-0.2, 0) is 10.7 Å². The Morgan fingerprint density at radius 3 is 2.53 bits per heavy atom. The van der Waals surface area contributed by atoms with E-state index >= 15 is 0 Å². The second-order valence-corrected chi connectivity index (χ2v) is 3.28. The first kappa shape index (κ1) is 11.4. The van der Waals surface area contributed by atoms with Gasteiger partial charge in [0.15, 0.2) is 0 Å². The quantitative estimate of drug-likeness (QED) is 0.814. The van der Waals surface area contributed by atoms with Crippen LogP contribution in [0.25, 0.3) is 0 Å². The third-order valence-electron chi connectivity index (χ3n) is 2.00. The van der Waals surface area contributed by atoms with Crippen LogP contribution in [0.3, 0.4) is 0 Å². The van der Waals surface area contributed by atoms with Gasteiger partial charge in [0.1, 0.15) is 12.2 Å². The first-order chi connectivity index (χ1) is 6.83. The van der Waals surface area contributed by atoms with Crippen molar-refractivity contribution < 1.29 is 23.8 Å². The highest BCUT2D eigenvalue weighted by Crippen LogP contribution is 2.34. The lowest BCUT2D eigenvalue weighted by Crippen LogP contribution is -2.18. The molecular formula is C10H10F2O3. The lowest BCUT2D eigenvalue weighted by molar-refractivity contribution is -0.145. The number of benzene rings is 1. The number of rotatable bonds is 3. The molecular weight excluding hydrogens is 206 g/mol. The van der Waals surface area contributed by atoms with Crippen LogP contribution >= 0.6 is 0 Å². The van der Waals surface area contributed by atoms with Crippen LogP contribution in [0.4, 0.5) is 8.78 Å². The molecule has 0 aliphatic rings. The molecule has 0 bridgehead atoms. The van der Waals surface area contributed by atoms with Crippen LogP contribution in [-0.4, -0.2) is 16.2 Å². The number of alkyl halides is 2. The summed E-state index contributed by atoms with van der Waals surface area (Å²) in [4.78, 5) is 10.2. The molecule has 0 heterocycles. The second kappa shape index (κ2) is 3.84. The number of aromatic hydroxyl groups is 1. The monoisotopic (exact) mass is 216 g/mol.